The van der Waals surface area contributed by atoms with Crippen molar-refractivity contribution in [2.75, 3.05) is 0 Å². The minimum atomic E-state index is -0.142. The molecule has 0 radical (unpaired) electrons. The monoisotopic (exact) mass is 325 g/mol. The van der Waals surface area contributed by atoms with Gasteiger partial charge < -0.3 is 5.32 Å². The first kappa shape index (κ1) is 15.1. The van der Waals surface area contributed by atoms with Gasteiger partial charge in [-0.2, -0.15) is 0 Å². The third kappa shape index (κ3) is 4.10. The molecular formula is C15H13Cl2NOS. The van der Waals surface area contributed by atoms with Crippen molar-refractivity contribution in [2.24, 2.45) is 0 Å². The second kappa shape index (κ2) is 6.93. The largest absolute Gasteiger partial charge is 0.346 e. The summed E-state index contributed by atoms with van der Waals surface area (Å²) in [6.45, 7) is 1.90. The first-order chi connectivity index (χ1) is 9.56. The van der Waals surface area contributed by atoms with Crippen molar-refractivity contribution in [2.45, 2.75) is 13.0 Å². The Bertz CT molecular complexity index is 623. The molecule has 0 aliphatic carbocycles. The summed E-state index contributed by atoms with van der Waals surface area (Å²) in [6, 6.07) is 9.10. The molecular weight excluding hydrogens is 313 g/mol. The van der Waals surface area contributed by atoms with Crippen molar-refractivity contribution < 1.29 is 4.79 Å². The number of carbonyl (C=O) groups excluding carboxylic acids is 1. The average molecular weight is 326 g/mol. The second-order valence-corrected chi connectivity index (χ2v) is 6.05. The average Bonchev–Trinajstić information content (AvgIpc) is 2.92. The second-order valence-electron chi connectivity index (χ2n) is 4.25. The van der Waals surface area contributed by atoms with E-state index in [9.17, 15) is 4.79 Å². The fourth-order valence-corrected chi connectivity index (χ4v) is 2.60. The Hall–Kier alpha value is -1.29. The van der Waals surface area contributed by atoms with Crippen molar-refractivity contribution in [3.8, 4) is 0 Å². The molecule has 1 amide bonds. The molecule has 0 saturated carbocycles. The number of halogens is 2. The number of carbonyl (C=O) groups is 1. The Morgan fingerprint density at radius 3 is 2.75 bits per heavy atom. The van der Waals surface area contributed by atoms with Crippen LogP contribution >= 0.6 is 34.5 Å². The quantitative estimate of drug-likeness (QED) is 0.792. The summed E-state index contributed by atoms with van der Waals surface area (Å²) in [5.41, 5.74) is 0.914. The molecule has 2 nitrogen and oxygen atoms in total. The summed E-state index contributed by atoms with van der Waals surface area (Å²) >= 11 is 13.4. The van der Waals surface area contributed by atoms with E-state index in [4.69, 9.17) is 23.2 Å². The van der Waals surface area contributed by atoms with Gasteiger partial charge in [-0.3, -0.25) is 4.79 Å². The summed E-state index contributed by atoms with van der Waals surface area (Å²) < 4.78 is 0. The van der Waals surface area contributed by atoms with E-state index < -0.39 is 0 Å². The zero-order chi connectivity index (χ0) is 14.5. The smallest absolute Gasteiger partial charge is 0.244 e. The lowest BCUT2D eigenvalue weighted by Gasteiger charge is -2.13. The predicted molar refractivity (Wildman–Crippen MR) is 86.4 cm³/mol. The SMILES string of the molecule is CC(NC(=O)/C=C/c1cccs1)c1ccc(Cl)c(Cl)c1. The number of rotatable bonds is 4. The van der Waals surface area contributed by atoms with E-state index in [1.165, 1.54) is 6.08 Å². The van der Waals surface area contributed by atoms with Crippen molar-refractivity contribution >= 4 is 46.5 Å². The molecule has 2 aromatic rings. The van der Waals surface area contributed by atoms with Crippen molar-refractivity contribution in [3.05, 3.63) is 62.3 Å². The lowest BCUT2D eigenvalue weighted by molar-refractivity contribution is -0.117. The van der Waals surface area contributed by atoms with E-state index in [0.717, 1.165) is 10.4 Å². The van der Waals surface area contributed by atoms with E-state index in [1.807, 2.05) is 30.5 Å². The maximum atomic E-state index is 11.8. The van der Waals surface area contributed by atoms with Crippen LogP contribution in [0.1, 0.15) is 23.4 Å². The van der Waals surface area contributed by atoms with E-state index >= 15 is 0 Å². The highest BCUT2D eigenvalue weighted by atomic mass is 35.5. The molecule has 1 aromatic carbocycles. The van der Waals surface area contributed by atoms with Crippen molar-refractivity contribution in [1.29, 1.82) is 0 Å². The van der Waals surface area contributed by atoms with Gasteiger partial charge in [-0.15, -0.1) is 11.3 Å². The van der Waals surface area contributed by atoms with Gasteiger partial charge >= 0.3 is 0 Å². The number of hydrogen-bond donors (Lipinski definition) is 1. The van der Waals surface area contributed by atoms with E-state index in [-0.39, 0.29) is 11.9 Å². The van der Waals surface area contributed by atoms with Crippen LogP contribution in [-0.4, -0.2) is 5.91 Å². The molecule has 0 spiro atoms. The lowest BCUT2D eigenvalue weighted by atomic mass is 10.1. The Labute approximate surface area is 132 Å². The molecule has 1 unspecified atom stereocenters. The summed E-state index contributed by atoms with van der Waals surface area (Å²) in [5.74, 6) is -0.142. The van der Waals surface area contributed by atoms with Crippen LogP contribution in [0.5, 0.6) is 0 Å². The number of nitrogens with one attached hydrogen (secondary N) is 1. The maximum Gasteiger partial charge on any atom is 0.244 e. The summed E-state index contributed by atoms with van der Waals surface area (Å²) in [4.78, 5) is 12.9. The summed E-state index contributed by atoms with van der Waals surface area (Å²) in [5, 5.41) is 5.84. The van der Waals surface area contributed by atoms with Crippen molar-refractivity contribution in [3.63, 3.8) is 0 Å². The van der Waals surface area contributed by atoms with Gasteiger partial charge in [-0.05, 0) is 42.1 Å². The predicted octanol–water partition coefficient (Wildman–Crippen LogP) is 4.95. The Balaban J connectivity index is 1.98. The molecule has 1 heterocycles. The van der Waals surface area contributed by atoms with Crippen LogP contribution in [0.25, 0.3) is 6.08 Å². The Morgan fingerprint density at radius 1 is 1.30 bits per heavy atom. The fraction of sp³-hybridized carbons (Fsp3) is 0.133. The maximum absolute atomic E-state index is 11.8. The van der Waals surface area contributed by atoms with E-state index in [0.29, 0.717) is 10.0 Å². The standard InChI is InChI=1S/C15H13Cl2NOS/c1-10(11-4-6-13(16)14(17)9-11)18-15(19)7-5-12-3-2-8-20-12/h2-10H,1H3,(H,18,19)/b7-5+. The van der Waals surface area contributed by atoms with Gasteiger partial charge in [-0.25, -0.2) is 0 Å². The number of benzene rings is 1. The fourth-order valence-electron chi connectivity index (χ4n) is 1.67. The van der Waals surface area contributed by atoms with E-state index in [2.05, 4.69) is 5.32 Å². The number of thiophene rings is 1. The molecule has 1 atom stereocenters. The van der Waals surface area contributed by atoms with Crippen molar-refractivity contribution in [1.82, 2.24) is 5.32 Å². The van der Waals surface area contributed by atoms with Crippen LogP contribution in [0.15, 0.2) is 41.8 Å². The summed E-state index contributed by atoms with van der Waals surface area (Å²) in [6.07, 6.45) is 3.32. The van der Waals surface area contributed by atoms with Crippen LogP contribution in [0.2, 0.25) is 10.0 Å². The zero-order valence-corrected chi connectivity index (χ0v) is 13.1. The van der Waals surface area contributed by atoms with Gasteiger partial charge in [0.2, 0.25) is 5.91 Å². The Morgan fingerprint density at radius 2 is 2.10 bits per heavy atom. The molecule has 5 heteroatoms. The van der Waals surface area contributed by atoms with Crippen LogP contribution < -0.4 is 5.32 Å². The normalized spacial score (nSPS) is 12.6. The molecule has 0 aliphatic rings. The number of hydrogen-bond acceptors (Lipinski definition) is 2. The highest BCUT2D eigenvalue weighted by Gasteiger charge is 2.09. The molecule has 0 aliphatic heterocycles. The van der Waals surface area contributed by atoms with Crippen LogP contribution in [-0.2, 0) is 4.79 Å². The van der Waals surface area contributed by atoms with Crippen LogP contribution in [0, 0.1) is 0 Å². The first-order valence-corrected chi connectivity index (χ1v) is 7.67. The number of amides is 1. The topological polar surface area (TPSA) is 29.1 Å². The van der Waals surface area contributed by atoms with Gasteiger partial charge in [0.25, 0.3) is 0 Å². The lowest BCUT2D eigenvalue weighted by Crippen LogP contribution is -2.24. The summed E-state index contributed by atoms with van der Waals surface area (Å²) in [7, 11) is 0. The van der Waals surface area contributed by atoms with Gasteiger partial charge in [0, 0.05) is 11.0 Å². The van der Waals surface area contributed by atoms with Crippen LogP contribution in [0.3, 0.4) is 0 Å². The highest BCUT2D eigenvalue weighted by Crippen LogP contribution is 2.25. The Kier molecular flexibility index (Phi) is 5.24. The third-order valence-electron chi connectivity index (χ3n) is 2.74. The minimum Gasteiger partial charge on any atom is -0.346 e. The molecule has 2 rings (SSSR count). The molecule has 20 heavy (non-hydrogen) atoms. The molecule has 0 bridgehead atoms. The van der Waals surface area contributed by atoms with E-state index in [1.54, 1.807) is 29.5 Å². The third-order valence-corrected chi connectivity index (χ3v) is 4.32. The molecule has 0 saturated heterocycles. The molecule has 0 fully saturated rings. The molecule has 1 N–H and O–H groups in total. The molecule has 1 aromatic heterocycles. The van der Waals surface area contributed by atoms with Gasteiger partial charge in [-0.1, -0.05) is 35.3 Å². The zero-order valence-electron chi connectivity index (χ0n) is 10.8. The minimum absolute atomic E-state index is 0.134. The first-order valence-electron chi connectivity index (χ1n) is 6.03. The van der Waals surface area contributed by atoms with Gasteiger partial charge in [0.1, 0.15) is 0 Å². The highest BCUT2D eigenvalue weighted by molar-refractivity contribution is 7.10. The molecule has 104 valence electrons. The van der Waals surface area contributed by atoms with Crippen LogP contribution in [0.4, 0.5) is 0 Å². The van der Waals surface area contributed by atoms with Gasteiger partial charge in [0.15, 0.2) is 0 Å². The van der Waals surface area contributed by atoms with Gasteiger partial charge in [0.05, 0.1) is 16.1 Å².